The summed E-state index contributed by atoms with van der Waals surface area (Å²) < 4.78 is 0. The van der Waals surface area contributed by atoms with E-state index in [4.69, 9.17) is 9.97 Å². The van der Waals surface area contributed by atoms with Crippen LogP contribution >= 0.6 is 0 Å². The highest BCUT2D eigenvalue weighted by molar-refractivity contribution is 5.69. The Morgan fingerprint density at radius 2 is 1.64 bits per heavy atom. The third kappa shape index (κ3) is 4.23. The summed E-state index contributed by atoms with van der Waals surface area (Å²) in [5.74, 6) is 0.628. The molecule has 0 aliphatic heterocycles. The molecule has 0 atom stereocenters. The van der Waals surface area contributed by atoms with Crippen LogP contribution in [0.2, 0.25) is 0 Å². The van der Waals surface area contributed by atoms with Gasteiger partial charge in [-0.05, 0) is 20.0 Å². The number of rotatable bonds is 7. The number of nitrogens with zero attached hydrogens (tertiary/aromatic N) is 4. The van der Waals surface area contributed by atoms with E-state index in [1.807, 2.05) is 43.3 Å². The Morgan fingerprint density at radius 3 is 2.29 bits per heavy atom. The monoisotopic (exact) mass is 376 g/mol. The fourth-order valence-corrected chi connectivity index (χ4v) is 3.18. The molecule has 1 heterocycles. The van der Waals surface area contributed by atoms with E-state index in [9.17, 15) is 10.1 Å². The molecule has 1 aromatic heterocycles. The molecule has 0 saturated carbocycles. The quantitative estimate of drug-likeness (QED) is 0.434. The second-order valence-electron chi connectivity index (χ2n) is 6.59. The summed E-state index contributed by atoms with van der Waals surface area (Å²) in [5.41, 5.74) is 4.36. The first-order chi connectivity index (χ1) is 13.5. The molecule has 6 heteroatoms. The van der Waals surface area contributed by atoms with Gasteiger partial charge in [-0.1, -0.05) is 56.3 Å². The number of aromatic nitrogens is 2. The lowest BCUT2D eigenvalue weighted by Gasteiger charge is -2.21. The first-order valence-corrected chi connectivity index (χ1v) is 9.43. The Hall–Kier alpha value is -3.12. The Balaban J connectivity index is 2.19. The van der Waals surface area contributed by atoms with Crippen LogP contribution in [0.3, 0.4) is 0 Å². The van der Waals surface area contributed by atoms with Gasteiger partial charge in [0.1, 0.15) is 0 Å². The molecule has 0 saturated heterocycles. The zero-order chi connectivity index (χ0) is 20.1. The normalized spacial score (nSPS) is 11.0. The number of hydrogen-bond acceptors (Lipinski definition) is 5. The maximum atomic E-state index is 11.3. The Labute approximate surface area is 165 Å². The van der Waals surface area contributed by atoms with Gasteiger partial charge >= 0.3 is 0 Å². The van der Waals surface area contributed by atoms with E-state index in [0.29, 0.717) is 12.4 Å². The van der Waals surface area contributed by atoms with Crippen molar-refractivity contribution in [2.75, 3.05) is 13.1 Å². The molecule has 0 N–H and O–H groups in total. The van der Waals surface area contributed by atoms with Crippen LogP contribution in [-0.4, -0.2) is 32.9 Å². The van der Waals surface area contributed by atoms with Gasteiger partial charge in [0, 0.05) is 41.1 Å². The summed E-state index contributed by atoms with van der Waals surface area (Å²) in [7, 11) is 0. The van der Waals surface area contributed by atoms with E-state index in [0.717, 1.165) is 41.2 Å². The highest BCUT2D eigenvalue weighted by Gasteiger charge is 2.18. The molecule has 0 fully saturated rings. The molecule has 0 radical (unpaired) electrons. The summed E-state index contributed by atoms with van der Waals surface area (Å²) in [5, 5.41) is 11.3. The minimum absolute atomic E-state index is 0.0591. The van der Waals surface area contributed by atoms with Crippen LogP contribution in [0.15, 0.2) is 54.6 Å². The number of nitro groups is 1. The molecule has 0 aliphatic carbocycles. The number of aryl methyl sites for hydroxylation is 1. The van der Waals surface area contributed by atoms with Gasteiger partial charge in [-0.3, -0.25) is 15.0 Å². The summed E-state index contributed by atoms with van der Waals surface area (Å²) in [6, 6.07) is 16.4. The van der Waals surface area contributed by atoms with Gasteiger partial charge in [-0.25, -0.2) is 9.97 Å². The minimum Gasteiger partial charge on any atom is -0.299 e. The van der Waals surface area contributed by atoms with E-state index in [2.05, 4.69) is 18.7 Å². The zero-order valence-electron chi connectivity index (χ0n) is 16.4. The minimum atomic E-state index is -0.375. The SMILES string of the molecule is CCN(CC)Cc1c(C)nc(-c2ccccc2)nc1-c1cccc([N+](=O)[O-])c1. The molecule has 3 aromatic rings. The molecule has 0 amide bonds. The lowest BCUT2D eigenvalue weighted by molar-refractivity contribution is -0.384. The van der Waals surface area contributed by atoms with Crippen molar-refractivity contribution < 1.29 is 4.92 Å². The molecule has 144 valence electrons. The molecule has 3 rings (SSSR count). The third-order valence-corrected chi connectivity index (χ3v) is 4.85. The average Bonchev–Trinajstić information content (AvgIpc) is 2.73. The molecular formula is C22H24N4O2. The average molecular weight is 376 g/mol. The summed E-state index contributed by atoms with van der Waals surface area (Å²) in [6.07, 6.45) is 0. The molecule has 0 unspecified atom stereocenters. The smallest absolute Gasteiger partial charge is 0.270 e. The molecule has 28 heavy (non-hydrogen) atoms. The summed E-state index contributed by atoms with van der Waals surface area (Å²) in [6.45, 7) is 8.73. The Morgan fingerprint density at radius 1 is 0.964 bits per heavy atom. The molecular weight excluding hydrogens is 352 g/mol. The van der Waals surface area contributed by atoms with Crippen LogP contribution in [0.1, 0.15) is 25.1 Å². The van der Waals surface area contributed by atoms with Crippen molar-refractivity contribution in [3.63, 3.8) is 0 Å². The van der Waals surface area contributed by atoms with Gasteiger partial charge in [0.25, 0.3) is 5.69 Å². The van der Waals surface area contributed by atoms with Crippen LogP contribution in [-0.2, 0) is 6.54 Å². The van der Waals surface area contributed by atoms with Crippen molar-refractivity contribution in [3.05, 3.63) is 76.0 Å². The Bertz CT molecular complexity index is 970. The van der Waals surface area contributed by atoms with Crippen molar-refractivity contribution in [2.24, 2.45) is 0 Å². The zero-order valence-corrected chi connectivity index (χ0v) is 16.4. The largest absolute Gasteiger partial charge is 0.299 e. The predicted octanol–water partition coefficient (Wildman–Crippen LogP) is 4.87. The van der Waals surface area contributed by atoms with E-state index in [1.165, 1.54) is 6.07 Å². The van der Waals surface area contributed by atoms with E-state index < -0.39 is 0 Å². The first-order valence-electron chi connectivity index (χ1n) is 9.43. The van der Waals surface area contributed by atoms with Crippen LogP contribution in [0.5, 0.6) is 0 Å². The summed E-state index contributed by atoms with van der Waals surface area (Å²) >= 11 is 0. The Kier molecular flexibility index (Phi) is 6.11. The van der Waals surface area contributed by atoms with Crippen molar-refractivity contribution in [3.8, 4) is 22.6 Å². The maximum absolute atomic E-state index is 11.3. The van der Waals surface area contributed by atoms with Gasteiger partial charge < -0.3 is 0 Å². The van der Waals surface area contributed by atoms with Crippen molar-refractivity contribution in [2.45, 2.75) is 27.3 Å². The number of hydrogen-bond donors (Lipinski definition) is 0. The van der Waals surface area contributed by atoms with Crippen molar-refractivity contribution in [1.29, 1.82) is 0 Å². The van der Waals surface area contributed by atoms with E-state index >= 15 is 0 Å². The fraction of sp³-hybridized carbons (Fsp3) is 0.273. The maximum Gasteiger partial charge on any atom is 0.270 e. The number of nitro benzene ring substituents is 1. The van der Waals surface area contributed by atoms with Gasteiger partial charge in [-0.2, -0.15) is 0 Å². The third-order valence-electron chi connectivity index (χ3n) is 4.85. The van der Waals surface area contributed by atoms with Crippen LogP contribution in [0.4, 0.5) is 5.69 Å². The van der Waals surface area contributed by atoms with Gasteiger partial charge in [0.05, 0.1) is 10.6 Å². The molecule has 0 bridgehead atoms. The lowest BCUT2D eigenvalue weighted by Crippen LogP contribution is -2.23. The lowest BCUT2D eigenvalue weighted by atomic mass is 10.0. The van der Waals surface area contributed by atoms with Gasteiger partial charge in [0.15, 0.2) is 5.82 Å². The predicted molar refractivity (Wildman–Crippen MR) is 111 cm³/mol. The highest BCUT2D eigenvalue weighted by atomic mass is 16.6. The summed E-state index contributed by atoms with van der Waals surface area (Å²) in [4.78, 5) is 22.7. The first kappa shape index (κ1) is 19.6. The highest BCUT2D eigenvalue weighted by Crippen LogP contribution is 2.30. The topological polar surface area (TPSA) is 72.2 Å². The second kappa shape index (κ2) is 8.71. The number of non-ortho nitro benzene ring substituents is 1. The van der Waals surface area contributed by atoms with Gasteiger partial charge in [-0.15, -0.1) is 0 Å². The van der Waals surface area contributed by atoms with Crippen molar-refractivity contribution >= 4 is 5.69 Å². The van der Waals surface area contributed by atoms with Crippen LogP contribution in [0.25, 0.3) is 22.6 Å². The van der Waals surface area contributed by atoms with Crippen LogP contribution < -0.4 is 0 Å². The van der Waals surface area contributed by atoms with E-state index in [1.54, 1.807) is 12.1 Å². The molecule has 0 spiro atoms. The molecule has 2 aromatic carbocycles. The molecule has 0 aliphatic rings. The fourth-order valence-electron chi connectivity index (χ4n) is 3.18. The van der Waals surface area contributed by atoms with Crippen molar-refractivity contribution in [1.82, 2.24) is 14.9 Å². The standard InChI is InChI=1S/C22H24N4O2/c1-4-25(5-2)15-20-16(3)23-22(17-10-7-6-8-11-17)24-21(20)18-12-9-13-19(14-18)26(27)28/h6-14H,4-5,15H2,1-3H3. The van der Waals surface area contributed by atoms with Gasteiger partial charge in [0.2, 0.25) is 0 Å². The second-order valence-corrected chi connectivity index (χ2v) is 6.59. The van der Waals surface area contributed by atoms with Crippen LogP contribution in [0, 0.1) is 17.0 Å². The molecule has 6 nitrogen and oxygen atoms in total. The van der Waals surface area contributed by atoms with E-state index in [-0.39, 0.29) is 10.6 Å². The number of benzene rings is 2.